The van der Waals surface area contributed by atoms with Crippen LogP contribution < -0.4 is 4.90 Å². The molecule has 0 radical (unpaired) electrons. The second-order valence-corrected chi connectivity index (χ2v) is 4.33. The van der Waals surface area contributed by atoms with E-state index in [-0.39, 0.29) is 5.56 Å². The highest BCUT2D eigenvalue weighted by Crippen LogP contribution is 2.26. The van der Waals surface area contributed by atoms with Gasteiger partial charge in [0.15, 0.2) is 6.10 Å². The molecule has 0 bridgehead atoms. The first-order valence-corrected chi connectivity index (χ1v) is 5.94. The molecule has 0 aliphatic carbocycles. The van der Waals surface area contributed by atoms with Crippen LogP contribution in [0.4, 0.5) is 10.1 Å². The number of carbonyl (C=O) groups is 1. The number of ether oxygens (including phenoxy) is 1. The first kappa shape index (κ1) is 12.8. The highest BCUT2D eigenvalue weighted by atomic mass is 19.1. The highest BCUT2D eigenvalue weighted by molar-refractivity contribution is 5.76. The smallest absolute Gasteiger partial charge is 0.339 e. The monoisotopic (exact) mass is 253 g/mol. The summed E-state index contributed by atoms with van der Waals surface area (Å²) in [6.45, 7) is 1.69. The topological polar surface area (TPSA) is 49.8 Å². The number of esters is 1. The number of rotatable bonds is 3. The SMILES string of the molecule is COC(=O)C(O)c1ccc(N2CCCC2)c(F)c1. The lowest BCUT2D eigenvalue weighted by Gasteiger charge is -2.19. The van der Waals surface area contributed by atoms with Gasteiger partial charge >= 0.3 is 5.97 Å². The summed E-state index contributed by atoms with van der Waals surface area (Å²) in [4.78, 5) is 13.1. The van der Waals surface area contributed by atoms with Crippen molar-refractivity contribution in [2.24, 2.45) is 0 Å². The molecule has 18 heavy (non-hydrogen) atoms. The first-order chi connectivity index (χ1) is 8.63. The van der Waals surface area contributed by atoms with Crippen molar-refractivity contribution in [3.05, 3.63) is 29.6 Å². The molecule has 1 N–H and O–H groups in total. The van der Waals surface area contributed by atoms with Crippen LogP contribution >= 0.6 is 0 Å². The van der Waals surface area contributed by atoms with Gasteiger partial charge in [-0.3, -0.25) is 0 Å². The fourth-order valence-corrected chi connectivity index (χ4v) is 2.16. The van der Waals surface area contributed by atoms with Crippen LogP contribution in [0.5, 0.6) is 0 Å². The largest absolute Gasteiger partial charge is 0.467 e. The zero-order valence-corrected chi connectivity index (χ0v) is 10.2. The van der Waals surface area contributed by atoms with E-state index in [4.69, 9.17) is 0 Å². The van der Waals surface area contributed by atoms with Gasteiger partial charge in [-0.2, -0.15) is 0 Å². The Bertz CT molecular complexity index is 444. The molecular formula is C13H16FNO3. The van der Waals surface area contributed by atoms with Crippen LogP contribution in [0.3, 0.4) is 0 Å². The fraction of sp³-hybridized carbons (Fsp3) is 0.462. The number of aliphatic hydroxyl groups excluding tert-OH is 1. The summed E-state index contributed by atoms with van der Waals surface area (Å²) < 4.78 is 18.3. The van der Waals surface area contributed by atoms with E-state index in [2.05, 4.69) is 4.74 Å². The molecule has 1 aliphatic rings. The molecule has 0 saturated carbocycles. The molecule has 1 atom stereocenters. The van der Waals surface area contributed by atoms with Gasteiger partial charge in [0.2, 0.25) is 0 Å². The molecule has 1 aliphatic heterocycles. The standard InChI is InChI=1S/C13H16FNO3/c1-18-13(17)12(16)9-4-5-11(10(14)8-9)15-6-2-3-7-15/h4-5,8,12,16H,2-3,6-7H2,1H3. The second-order valence-electron chi connectivity index (χ2n) is 4.33. The second kappa shape index (κ2) is 5.35. The van der Waals surface area contributed by atoms with Gasteiger partial charge in [0.25, 0.3) is 0 Å². The maximum Gasteiger partial charge on any atom is 0.339 e. The summed E-state index contributed by atoms with van der Waals surface area (Å²) >= 11 is 0. The molecule has 1 aromatic carbocycles. The normalized spacial score (nSPS) is 16.7. The van der Waals surface area contributed by atoms with Crippen molar-refractivity contribution in [3.8, 4) is 0 Å². The molecule has 0 aromatic heterocycles. The Morgan fingerprint density at radius 3 is 2.67 bits per heavy atom. The van der Waals surface area contributed by atoms with Gasteiger partial charge in [-0.05, 0) is 30.5 Å². The van der Waals surface area contributed by atoms with Gasteiger partial charge in [-0.15, -0.1) is 0 Å². The molecule has 1 unspecified atom stereocenters. The van der Waals surface area contributed by atoms with Crippen molar-refractivity contribution in [1.82, 2.24) is 0 Å². The molecule has 1 saturated heterocycles. The van der Waals surface area contributed by atoms with E-state index in [0.717, 1.165) is 25.9 Å². The van der Waals surface area contributed by atoms with E-state index in [1.165, 1.54) is 13.2 Å². The molecule has 1 aromatic rings. The number of carbonyl (C=O) groups excluding carboxylic acids is 1. The van der Waals surface area contributed by atoms with E-state index in [1.54, 1.807) is 12.1 Å². The number of nitrogens with zero attached hydrogens (tertiary/aromatic N) is 1. The molecule has 2 rings (SSSR count). The van der Waals surface area contributed by atoms with Gasteiger partial charge < -0.3 is 14.7 Å². The predicted octanol–water partition coefficient (Wildman–Crippen LogP) is 1.63. The molecule has 4 nitrogen and oxygen atoms in total. The minimum atomic E-state index is -1.43. The van der Waals surface area contributed by atoms with E-state index < -0.39 is 17.9 Å². The lowest BCUT2D eigenvalue weighted by atomic mass is 10.1. The Morgan fingerprint density at radius 1 is 1.44 bits per heavy atom. The number of anilines is 1. The van der Waals surface area contributed by atoms with Crippen molar-refractivity contribution in [2.75, 3.05) is 25.1 Å². The maximum absolute atomic E-state index is 13.9. The number of hydrogen-bond acceptors (Lipinski definition) is 4. The molecule has 1 heterocycles. The van der Waals surface area contributed by atoms with Crippen molar-refractivity contribution in [2.45, 2.75) is 18.9 Å². The van der Waals surface area contributed by atoms with Gasteiger partial charge in [0.05, 0.1) is 12.8 Å². The summed E-state index contributed by atoms with van der Waals surface area (Å²) in [5.41, 5.74) is 0.732. The Balaban J connectivity index is 2.21. The minimum absolute atomic E-state index is 0.210. The third kappa shape index (κ3) is 2.46. The van der Waals surface area contributed by atoms with E-state index in [1.807, 2.05) is 4.90 Å². The quantitative estimate of drug-likeness (QED) is 0.832. The molecular weight excluding hydrogens is 237 g/mol. The van der Waals surface area contributed by atoms with Crippen LogP contribution in [0.1, 0.15) is 24.5 Å². The van der Waals surface area contributed by atoms with Crippen LogP contribution in [0, 0.1) is 5.82 Å². The first-order valence-electron chi connectivity index (χ1n) is 5.94. The minimum Gasteiger partial charge on any atom is -0.467 e. The Hall–Kier alpha value is -1.62. The molecule has 1 fully saturated rings. The van der Waals surface area contributed by atoms with Gasteiger partial charge in [0, 0.05) is 13.1 Å². The van der Waals surface area contributed by atoms with Crippen LogP contribution in [0.2, 0.25) is 0 Å². The third-order valence-electron chi connectivity index (χ3n) is 3.16. The van der Waals surface area contributed by atoms with Crippen LogP contribution in [0.15, 0.2) is 18.2 Å². The van der Waals surface area contributed by atoms with Crippen LogP contribution in [-0.2, 0) is 9.53 Å². The Morgan fingerprint density at radius 2 is 2.11 bits per heavy atom. The average Bonchev–Trinajstić information content (AvgIpc) is 2.90. The van der Waals surface area contributed by atoms with Crippen LogP contribution in [0.25, 0.3) is 0 Å². The van der Waals surface area contributed by atoms with E-state index in [0.29, 0.717) is 5.69 Å². The Kier molecular flexibility index (Phi) is 3.81. The van der Waals surface area contributed by atoms with Gasteiger partial charge in [-0.1, -0.05) is 6.07 Å². The fourth-order valence-electron chi connectivity index (χ4n) is 2.16. The summed E-state index contributed by atoms with van der Waals surface area (Å²) in [6.07, 6.45) is 0.690. The Labute approximate surface area is 105 Å². The van der Waals surface area contributed by atoms with Crippen molar-refractivity contribution in [3.63, 3.8) is 0 Å². The lowest BCUT2D eigenvalue weighted by Crippen LogP contribution is -2.19. The highest BCUT2D eigenvalue weighted by Gasteiger charge is 2.21. The number of hydrogen-bond donors (Lipinski definition) is 1. The summed E-state index contributed by atoms with van der Waals surface area (Å²) in [7, 11) is 1.18. The number of aliphatic hydroxyl groups is 1. The molecule has 5 heteroatoms. The molecule has 98 valence electrons. The molecule has 0 amide bonds. The summed E-state index contributed by atoms with van der Waals surface area (Å²) in [6, 6.07) is 4.34. The predicted molar refractivity (Wildman–Crippen MR) is 64.8 cm³/mol. The maximum atomic E-state index is 13.9. The number of benzene rings is 1. The lowest BCUT2D eigenvalue weighted by molar-refractivity contribution is -0.150. The molecule has 0 spiro atoms. The third-order valence-corrected chi connectivity index (χ3v) is 3.16. The van der Waals surface area contributed by atoms with Crippen molar-refractivity contribution >= 4 is 11.7 Å². The zero-order valence-electron chi connectivity index (χ0n) is 10.2. The zero-order chi connectivity index (χ0) is 13.1. The van der Waals surface area contributed by atoms with Crippen molar-refractivity contribution < 1.29 is 19.0 Å². The van der Waals surface area contributed by atoms with E-state index >= 15 is 0 Å². The number of methoxy groups -OCH3 is 1. The van der Waals surface area contributed by atoms with Gasteiger partial charge in [-0.25, -0.2) is 9.18 Å². The van der Waals surface area contributed by atoms with Crippen molar-refractivity contribution in [1.29, 1.82) is 0 Å². The van der Waals surface area contributed by atoms with Gasteiger partial charge in [0.1, 0.15) is 5.82 Å². The van der Waals surface area contributed by atoms with Crippen LogP contribution in [-0.4, -0.2) is 31.3 Å². The average molecular weight is 253 g/mol. The summed E-state index contributed by atoms with van der Waals surface area (Å²) in [5.74, 6) is -1.21. The summed E-state index contributed by atoms with van der Waals surface area (Å²) in [5, 5.41) is 9.61. The van der Waals surface area contributed by atoms with E-state index in [9.17, 15) is 14.3 Å². The number of halogens is 1.